The predicted molar refractivity (Wildman–Crippen MR) is 66.3 cm³/mol. The fourth-order valence-electron chi connectivity index (χ4n) is 1.62. The molecule has 0 fully saturated rings. The molecule has 0 bridgehead atoms. The van der Waals surface area contributed by atoms with Crippen LogP contribution in [-0.4, -0.2) is 18.7 Å². The van der Waals surface area contributed by atoms with Gasteiger partial charge in [0.1, 0.15) is 5.78 Å². The van der Waals surface area contributed by atoms with E-state index in [1.165, 1.54) is 12.8 Å². The number of amides is 1. The third-order valence-corrected chi connectivity index (χ3v) is 2.78. The van der Waals surface area contributed by atoms with Crippen LogP contribution < -0.4 is 5.32 Å². The summed E-state index contributed by atoms with van der Waals surface area (Å²) in [6.45, 7) is 1.92. The monoisotopic (exact) mass is 227 g/mol. The Bertz CT molecular complexity index is 180. The average molecular weight is 227 g/mol. The van der Waals surface area contributed by atoms with Gasteiger partial charge in [-0.25, -0.2) is 0 Å². The van der Waals surface area contributed by atoms with E-state index in [4.69, 9.17) is 0 Å². The number of carbonyl (C=O) groups excluding carboxylic acids is 2. The van der Waals surface area contributed by atoms with Crippen LogP contribution in [0.4, 0.5) is 0 Å². The highest BCUT2D eigenvalue weighted by Gasteiger charge is 1.99. The van der Waals surface area contributed by atoms with Gasteiger partial charge in [-0.15, -0.1) is 0 Å². The molecule has 0 radical (unpaired) electrons. The number of ketones is 1. The lowest BCUT2D eigenvalue weighted by Gasteiger charge is -2.01. The van der Waals surface area contributed by atoms with E-state index in [0.717, 1.165) is 32.1 Å². The van der Waals surface area contributed by atoms with Crippen LogP contribution in [0.2, 0.25) is 0 Å². The smallest absolute Gasteiger partial charge is 0.219 e. The van der Waals surface area contributed by atoms with Gasteiger partial charge in [-0.1, -0.05) is 32.6 Å². The van der Waals surface area contributed by atoms with E-state index in [0.29, 0.717) is 18.6 Å². The summed E-state index contributed by atoms with van der Waals surface area (Å²) < 4.78 is 0. The summed E-state index contributed by atoms with van der Waals surface area (Å²) in [7, 11) is 1.67. The van der Waals surface area contributed by atoms with Crippen LogP contribution in [0.3, 0.4) is 0 Å². The van der Waals surface area contributed by atoms with Crippen molar-refractivity contribution < 1.29 is 9.59 Å². The first-order valence-electron chi connectivity index (χ1n) is 6.43. The summed E-state index contributed by atoms with van der Waals surface area (Å²) in [4.78, 5) is 21.9. The molecular formula is C13H25NO2. The molecule has 0 unspecified atom stereocenters. The summed E-state index contributed by atoms with van der Waals surface area (Å²) in [6, 6.07) is 0. The van der Waals surface area contributed by atoms with Crippen molar-refractivity contribution in [3.05, 3.63) is 0 Å². The minimum Gasteiger partial charge on any atom is -0.359 e. The van der Waals surface area contributed by atoms with Crippen LogP contribution in [0.1, 0.15) is 64.7 Å². The molecule has 0 spiro atoms. The van der Waals surface area contributed by atoms with Crippen molar-refractivity contribution in [1.29, 1.82) is 0 Å². The highest BCUT2D eigenvalue weighted by molar-refractivity contribution is 5.77. The van der Waals surface area contributed by atoms with Gasteiger partial charge < -0.3 is 5.32 Å². The van der Waals surface area contributed by atoms with Crippen LogP contribution in [-0.2, 0) is 9.59 Å². The molecule has 1 amide bonds. The van der Waals surface area contributed by atoms with Crippen molar-refractivity contribution in [2.24, 2.45) is 0 Å². The Morgan fingerprint density at radius 3 is 1.88 bits per heavy atom. The molecule has 94 valence electrons. The number of nitrogens with one attached hydrogen (secondary N) is 1. The minimum absolute atomic E-state index is 0.133. The molecule has 0 aliphatic rings. The zero-order valence-corrected chi connectivity index (χ0v) is 10.7. The van der Waals surface area contributed by atoms with Crippen molar-refractivity contribution >= 4 is 11.7 Å². The molecule has 1 N–H and O–H groups in total. The third-order valence-electron chi connectivity index (χ3n) is 2.78. The Morgan fingerprint density at radius 1 is 0.875 bits per heavy atom. The van der Waals surface area contributed by atoms with Gasteiger partial charge in [-0.2, -0.15) is 0 Å². The lowest BCUT2D eigenvalue weighted by molar-refractivity contribution is -0.121. The topological polar surface area (TPSA) is 46.2 Å². The summed E-state index contributed by atoms with van der Waals surface area (Å²) in [5.74, 6) is 0.508. The predicted octanol–water partition coefficient (Wildman–Crippen LogP) is 2.83. The van der Waals surface area contributed by atoms with E-state index < -0.39 is 0 Å². The van der Waals surface area contributed by atoms with Crippen molar-refractivity contribution in [1.82, 2.24) is 5.32 Å². The minimum atomic E-state index is 0.133. The van der Waals surface area contributed by atoms with Crippen molar-refractivity contribution in [3.63, 3.8) is 0 Å². The van der Waals surface area contributed by atoms with Crippen LogP contribution >= 0.6 is 0 Å². The Kier molecular flexibility index (Phi) is 10.1. The van der Waals surface area contributed by atoms with Gasteiger partial charge in [0.05, 0.1) is 0 Å². The zero-order valence-electron chi connectivity index (χ0n) is 10.7. The summed E-state index contributed by atoms with van der Waals surface area (Å²) >= 11 is 0. The molecule has 0 aromatic rings. The summed E-state index contributed by atoms with van der Waals surface area (Å²) in [5, 5.41) is 2.62. The third kappa shape index (κ3) is 9.69. The second-order valence-corrected chi connectivity index (χ2v) is 4.19. The lowest BCUT2D eigenvalue weighted by atomic mass is 10.1. The van der Waals surface area contributed by atoms with E-state index in [-0.39, 0.29) is 5.91 Å². The van der Waals surface area contributed by atoms with Crippen LogP contribution in [0.15, 0.2) is 0 Å². The van der Waals surface area contributed by atoms with Crippen LogP contribution in [0.25, 0.3) is 0 Å². The second-order valence-electron chi connectivity index (χ2n) is 4.19. The quantitative estimate of drug-likeness (QED) is 0.583. The van der Waals surface area contributed by atoms with Gasteiger partial charge in [0.15, 0.2) is 0 Å². The first kappa shape index (κ1) is 15.1. The molecule has 16 heavy (non-hydrogen) atoms. The molecule has 0 heterocycles. The largest absolute Gasteiger partial charge is 0.359 e. The Labute approximate surface area is 99.0 Å². The number of hydrogen-bond donors (Lipinski definition) is 1. The summed E-state index contributed by atoms with van der Waals surface area (Å²) in [6.07, 6.45) is 8.70. The van der Waals surface area contributed by atoms with Gasteiger partial charge in [-0.05, 0) is 12.8 Å². The molecule has 0 saturated carbocycles. The molecular weight excluding hydrogens is 202 g/mol. The standard InChI is InChI=1S/C13H25NO2/c1-3-12(15)10-8-6-4-5-7-9-11-13(16)14-2/h3-11H2,1-2H3,(H,14,16). The molecule has 0 saturated heterocycles. The highest BCUT2D eigenvalue weighted by atomic mass is 16.1. The highest BCUT2D eigenvalue weighted by Crippen LogP contribution is 2.09. The van der Waals surface area contributed by atoms with Gasteiger partial charge in [-0.3, -0.25) is 9.59 Å². The molecule has 3 nitrogen and oxygen atoms in total. The molecule has 0 aromatic carbocycles. The fourth-order valence-corrected chi connectivity index (χ4v) is 1.62. The van der Waals surface area contributed by atoms with Crippen molar-refractivity contribution in [2.75, 3.05) is 7.05 Å². The van der Waals surface area contributed by atoms with E-state index in [9.17, 15) is 9.59 Å². The van der Waals surface area contributed by atoms with Gasteiger partial charge in [0, 0.05) is 26.3 Å². The van der Waals surface area contributed by atoms with E-state index in [1.54, 1.807) is 7.05 Å². The van der Waals surface area contributed by atoms with Crippen LogP contribution in [0, 0.1) is 0 Å². The van der Waals surface area contributed by atoms with Crippen molar-refractivity contribution in [2.45, 2.75) is 64.7 Å². The molecule has 0 rings (SSSR count). The Hall–Kier alpha value is -0.860. The van der Waals surface area contributed by atoms with E-state index in [1.807, 2.05) is 6.92 Å². The van der Waals surface area contributed by atoms with Gasteiger partial charge >= 0.3 is 0 Å². The first-order chi connectivity index (χ1) is 7.70. The Balaban J connectivity index is 3.10. The molecule has 0 aromatic heterocycles. The maximum Gasteiger partial charge on any atom is 0.219 e. The SMILES string of the molecule is CCC(=O)CCCCCCCCC(=O)NC. The van der Waals surface area contributed by atoms with E-state index >= 15 is 0 Å². The number of Topliss-reactive ketones (excluding diaryl/α,β-unsaturated/α-hetero) is 1. The number of unbranched alkanes of at least 4 members (excludes halogenated alkanes) is 5. The number of carbonyl (C=O) groups is 2. The number of hydrogen-bond acceptors (Lipinski definition) is 2. The van der Waals surface area contributed by atoms with E-state index in [2.05, 4.69) is 5.32 Å². The molecule has 0 aliphatic heterocycles. The average Bonchev–Trinajstić information content (AvgIpc) is 2.31. The van der Waals surface area contributed by atoms with Gasteiger partial charge in [0.2, 0.25) is 5.91 Å². The van der Waals surface area contributed by atoms with Crippen molar-refractivity contribution in [3.8, 4) is 0 Å². The fraction of sp³-hybridized carbons (Fsp3) is 0.846. The number of rotatable bonds is 10. The molecule has 0 atom stereocenters. The molecule has 3 heteroatoms. The molecule has 0 aliphatic carbocycles. The summed E-state index contributed by atoms with van der Waals surface area (Å²) in [5.41, 5.74) is 0. The second kappa shape index (κ2) is 10.7. The maximum absolute atomic E-state index is 11.0. The van der Waals surface area contributed by atoms with Gasteiger partial charge in [0.25, 0.3) is 0 Å². The first-order valence-corrected chi connectivity index (χ1v) is 6.43. The normalized spacial score (nSPS) is 10.1. The van der Waals surface area contributed by atoms with Crippen LogP contribution in [0.5, 0.6) is 0 Å². The zero-order chi connectivity index (χ0) is 12.2. The lowest BCUT2D eigenvalue weighted by Crippen LogP contribution is -2.16. The Morgan fingerprint density at radius 2 is 1.38 bits per heavy atom. The maximum atomic E-state index is 11.0.